The summed E-state index contributed by atoms with van der Waals surface area (Å²) in [6, 6.07) is 11.8. The van der Waals surface area contributed by atoms with Crippen molar-refractivity contribution in [3.8, 4) is 16.9 Å². The molecule has 1 unspecified atom stereocenters. The van der Waals surface area contributed by atoms with Crippen molar-refractivity contribution in [3.05, 3.63) is 48.3 Å². The first-order chi connectivity index (χ1) is 13.8. The number of ether oxygens (including phenoxy) is 2. The molecule has 1 atom stereocenters. The van der Waals surface area contributed by atoms with Crippen molar-refractivity contribution in [2.75, 3.05) is 13.2 Å². The zero-order valence-corrected chi connectivity index (χ0v) is 17.3. The fourth-order valence-corrected chi connectivity index (χ4v) is 2.81. The van der Waals surface area contributed by atoms with Crippen LogP contribution in [-0.2, 0) is 9.57 Å². The summed E-state index contributed by atoms with van der Waals surface area (Å²) < 4.78 is 11.2. The van der Waals surface area contributed by atoms with E-state index in [1.54, 1.807) is 0 Å². The number of alkyl carbamates (subject to hydrolysis) is 1. The van der Waals surface area contributed by atoms with Crippen LogP contribution in [0.25, 0.3) is 11.1 Å². The number of pyridine rings is 1. The number of rotatable bonds is 6. The molecule has 1 aliphatic heterocycles. The van der Waals surface area contributed by atoms with E-state index in [-0.39, 0.29) is 12.6 Å². The van der Waals surface area contributed by atoms with Gasteiger partial charge in [0.2, 0.25) is 0 Å². The highest BCUT2D eigenvalue weighted by Gasteiger charge is 2.23. The Morgan fingerprint density at radius 1 is 1.24 bits per heavy atom. The van der Waals surface area contributed by atoms with Crippen LogP contribution < -0.4 is 10.1 Å². The van der Waals surface area contributed by atoms with Gasteiger partial charge in [0.25, 0.3) is 0 Å². The topological polar surface area (TPSA) is 82.0 Å². The maximum Gasteiger partial charge on any atom is 0.407 e. The number of carbonyl (C=O) groups is 1. The molecule has 2 heterocycles. The standard InChI is InChI=1S/C22H27N3O4/c1-15-9-10-16(12-23-15)19-7-5-6-8-20(19)27-14-18-11-17(25-29-18)13-24-21(26)28-22(2,3)4/h5-10,12,18H,11,13-14H2,1-4H3,(H,24,26). The lowest BCUT2D eigenvalue weighted by atomic mass is 10.1. The van der Waals surface area contributed by atoms with E-state index in [0.717, 1.165) is 28.3 Å². The molecule has 0 bridgehead atoms. The van der Waals surface area contributed by atoms with Crippen LogP contribution in [0, 0.1) is 6.92 Å². The van der Waals surface area contributed by atoms with Gasteiger partial charge in [-0.1, -0.05) is 29.4 Å². The Bertz CT molecular complexity index is 872. The van der Waals surface area contributed by atoms with Crippen LogP contribution in [0.5, 0.6) is 5.75 Å². The fraction of sp³-hybridized carbons (Fsp3) is 0.409. The van der Waals surface area contributed by atoms with Crippen LogP contribution in [0.3, 0.4) is 0 Å². The number of benzene rings is 1. The normalized spacial score (nSPS) is 16.0. The largest absolute Gasteiger partial charge is 0.489 e. The number of hydrogen-bond donors (Lipinski definition) is 1. The van der Waals surface area contributed by atoms with Crippen LogP contribution in [0.2, 0.25) is 0 Å². The second kappa shape index (κ2) is 8.94. The summed E-state index contributed by atoms with van der Waals surface area (Å²) in [5.74, 6) is 0.766. The molecule has 1 aromatic heterocycles. The molecule has 0 saturated carbocycles. The number of para-hydroxylation sites is 1. The van der Waals surface area contributed by atoms with Gasteiger partial charge in [-0.2, -0.15) is 0 Å². The summed E-state index contributed by atoms with van der Waals surface area (Å²) >= 11 is 0. The first-order valence-corrected chi connectivity index (χ1v) is 9.63. The van der Waals surface area contributed by atoms with E-state index in [4.69, 9.17) is 14.3 Å². The van der Waals surface area contributed by atoms with Gasteiger partial charge in [0.15, 0.2) is 6.10 Å². The highest BCUT2D eigenvalue weighted by Crippen LogP contribution is 2.29. The summed E-state index contributed by atoms with van der Waals surface area (Å²) in [7, 11) is 0. The number of nitrogens with one attached hydrogen (secondary N) is 1. The molecule has 0 saturated heterocycles. The predicted molar refractivity (Wildman–Crippen MR) is 111 cm³/mol. The van der Waals surface area contributed by atoms with Crippen molar-refractivity contribution < 1.29 is 19.1 Å². The van der Waals surface area contributed by atoms with Gasteiger partial charge in [-0.05, 0) is 39.8 Å². The molecular weight excluding hydrogens is 370 g/mol. The highest BCUT2D eigenvalue weighted by molar-refractivity contribution is 5.89. The number of hydrogen-bond acceptors (Lipinski definition) is 6. The molecule has 0 radical (unpaired) electrons. The molecule has 0 aliphatic carbocycles. The Hall–Kier alpha value is -3.09. The molecule has 7 nitrogen and oxygen atoms in total. The molecule has 7 heteroatoms. The van der Waals surface area contributed by atoms with Gasteiger partial charge in [0.05, 0.1) is 12.3 Å². The van der Waals surface area contributed by atoms with Gasteiger partial charge in [0, 0.05) is 29.4 Å². The van der Waals surface area contributed by atoms with Crippen molar-refractivity contribution in [1.82, 2.24) is 10.3 Å². The minimum Gasteiger partial charge on any atom is -0.489 e. The first-order valence-electron chi connectivity index (χ1n) is 9.63. The Morgan fingerprint density at radius 3 is 2.76 bits per heavy atom. The summed E-state index contributed by atoms with van der Waals surface area (Å²) in [6.45, 7) is 8.06. The molecule has 1 N–H and O–H groups in total. The van der Waals surface area contributed by atoms with Crippen molar-refractivity contribution in [3.63, 3.8) is 0 Å². The summed E-state index contributed by atoms with van der Waals surface area (Å²) in [5.41, 5.74) is 3.16. The number of amides is 1. The van der Waals surface area contributed by atoms with E-state index in [9.17, 15) is 4.79 Å². The second-order valence-corrected chi connectivity index (χ2v) is 7.94. The van der Waals surface area contributed by atoms with Gasteiger partial charge < -0.3 is 19.6 Å². The molecule has 0 fully saturated rings. The molecule has 154 valence electrons. The SMILES string of the molecule is Cc1ccc(-c2ccccc2OCC2CC(CNC(=O)OC(C)(C)C)=NO2)cn1. The fourth-order valence-electron chi connectivity index (χ4n) is 2.81. The quantitative estimate of drug-likeness (QED) is 0.793. The Balaban J connectivity index is 1.50. The van der Waals surface area contributed by atoms with Gasteiger partial charge in [-0.25, -0.2) is 4.79 Å². The molecule has 0 spiro atoms. The highest BCUT2D eigenvalue weighted by atomic mass is 16.7. The molecule has 1 amide bonds. The van der Waals surface area contributed by atoms with Gasteiger partial charge in [-0.3, -0.25) is 4.98 Å². The monoisotopic (exact) mass is 397 g/mol. The zero-order valence-electron chi connectivity index (χ0n) is 17.3. The van der Waals surface area contributed by atoms with Crippen molar-refractivity contribution in [2.45, 2.75) is 45.8 Å². The van der Waals surface area contributed by atoms with E-state index in [1.165, 1.54) is 0 Å². The summed E-state index contributed by atoms with van der Waals surface area (Å²) in [4.78, 5) is 21.5. The second-order valence-electron chi connectivity index (χ2n) is 7.94. The number of nitrogens with zero attached hydrogens (tertiary/aromatic N) is 2. The summed E-state index contributed by atoms with van der Waals surface area (Å²) in [6.07, 6.45) is 1.76. The van der Waals surface area contributed by atoms with Gasteiger partial charge >= 0.3 is 6.09 Å². The molecule has 2 aromatic rings. The maximum absolute atomic E-state index is 11.7. The van der Waals surface area contributed by atoms with Crippen LogP contribution in [0.1, 0.15) is 32.9 Å². The molecule has 3 rings (SSSR count). The van der Waals surface area contributed by atoms with Crippen molar-refractivity contribution >= 4 is 11.8 Å². The average molecular weight is 397 g/mol. The van der Waals surface area contributed by atoms with Crippen LogP contribution in [-0.4, -0.2) is 41.6 Å². The van der Waals surface area contributed by atoms with Gasteiger partial charge in [-0.15, -0.1) is 0 Å². The smallest absolute Gasteiger partial charge is 0.407 e. The third kappa shape index (κ3) is 6.20. The van der Waals surface area contributed by atoms with Crippen LogP contribution in [0.4, 0.5) is 4.79 Å². The first kappa shape index (κ1) is 20.6. The molecule has 1 aromatic carbocycles. The van der Waals surface area contributed by atoms with Crippen molar-refractivity contribution in [2.24, 2.45) is 5.16 Å². The number of aryl methyl sites for hydroxylation is 1. The predicted octanol–water partition coefficient (Wildman–Crippen LogP) is 4.11. The Morgan fingerprint density at radius 2 is 2.03 bits per heavy atom. The van der Waals surface area contributed by atoms with Crippen LogP contribution >= 0.6 is 0 Å². The zero-order chi connectivity index (χ0) is 20.9. The van der Waals surface area contributed by atoms with E-state index >= 15 is 0 Å². The lowest BCUT2D eigenvalue weighted by Crippen LogP contribution is -2.35. The minimum atomic E-state index is -0.533. The third-order valence-electron chi connectivity index (χ3n) is 4.16. The Labute approximate surface area is 171 Å². The number of carbonyl (C=O) groups excluding carboxylic acids is 1. The minimum absolute atomic E-state index is 0.199. The lowest BCUT2D eigenvalue weighted by molar-refractivity contribution is 0.0472. The Kier molecular flexibility index (Phi) is 6.36. The molecular formula is C22H27N3O4. The summed E-state index contributed by atoms with van der Waals surface area (Å²) in [5, 5.41) is 6.74. The third-order valence-corrected chi connectivity index (χ3v) is 4.16. The van der Waals surface area contributed by atoms with Gasteiger partial charge in [0.1, 0.15) is 18.0 Å². The number of aromatic nitrogens is 1. The molecule has 1 aliphatic rings. The van der Waals surface area contributed by atoms with Crippen molar-refractivity contribution in [1.29, 1.82) is 0 Å². The lowest BCUT2D eigenvalue weighted by Gasteiger charge is -2.19. The van der Waals surface area contributed by atoms with Crippen LogP contribution in [0.15, 0.2) is 47.8 Å². The number of oxime groups is 1. The van der Waals surface area contributed by atoms with E-state index in [0.29, 0.717) is 13.0 Å². The molecule has 29 heavy (non-hydrogen) atoms. The van der Waals surface area contributed by atoms with E-state index < -0.39 is 11.7 Å². The average Bonchev–Trinajstić information content (AvgIpc) is 3.12. The van der Waals surface area contributed by atoms with E-state index in [1.807, 2.05) is 70.3 Å². The maximum atomic E-state index is 11.7. The van der Waals surface area contributed by atoms with E-state index in [2.05, 4.69) is 15.5 Å².